The third kappa shape index (κ3) is 5.55. The van der Waals surface area contributed by atoms with Crippen molar-refractivity contribution in [3.63, 3.8) is 0 Å². The van der Waals surface area contributed by atoms with Crippen molar-refractivity contribution in [2.45, 2.75) is 0 Å². The first kappa shape index (κ1) is 20.3. The molecule has 1 aromatic carbocycles. The zero-order valence-electron chi connectivity index (χ0n) is 15.0. The third-order valence-electron chi connectivity index (χ3n) is 4.19. The van der Waals surface area contributed by atoms with Crippen molar-refractivity contribution >= 4 is 46.1 Å². The SMILES string of the molecule is O=[N+]([O-])c1ccc(NC(=S)N(CCN2CCOCC2)c2cncc(Cl)n2)cc1. The number of morpholine rings is 1. The second-order valence-corrected chi connectivity index (χ2v) is 6.81. The molecule has 9 nitrogen and oxygen atoms in total. The van der Waals surface area contributed by atoms with Gasteiger partial charge in [-0.25, -0.2) is 4.98 Å². The molecular formula is C17H19ClN6O3S. The smallest absolute Gasteiger partial charge is 0.269 e. The molecule has 0 amide bonds. The van der Waals surface area contributed by atoms with Gasteiger partial charge in [0.05, 0.1) is 30.5 Å². The average molecular weight is 423 g/mol. The second kappa shape index (κ2) is 9.69. The van der Waals surface area contributed by atoms with Crippen LogP contribution in [0.2, 0.25) is 5.15 Å². The summed E-state index contributed by atoms with van der Waals surface area (Å²) in [6.07, 6.45) is 3.05. The molecule has 28 heavy (non-hydrogen) atoms. The predicted octanol–water partition coefficient (Wildman–Crippen LogP) is 2.57. The molecule has 1 fully saturated rings. The number of anilines is 2. The van der Waals surface area contributed by atoms with Crippen LogP contribution in [0, 0.1) is 10.1 Å². The van der Waals surface area contributed by atoms with E-state index >= 15 is 0 Å². The summed E-state index contributed by atoms with van der Waals surface area (Å²) < 4.78 is 5.38. The second-order valence-electron chi connectivity index (χ2n) is 6.04. The Labute approximate surface area is 172 Å². The Morgan fingerprint density at radius 1 is 1.32 bits per heavy atom. The highest BCUT2D eigenvalue weighted by Gasteiger charge is 2.18. The molecule has 0 radical (unpaired) electrons. The number of benzene rings is 1. The van der Waals surface area contributed by atoms with E-state index in [0.29, 0.717) is 36.4 Å². The molecular weight excluding hydrogens is 404 g/mol. The lowest BCUT2D eigenvalue weighted by Gasteiger charge is -2.30. The van der Waals surface area contributed by atoms with Gasteiger partial charge in [0, 0.05) is 44.0 Å². The van der Waals surface area contributed by atoms with Crippen molar-refractivity contribution in [1.29, 1.82) is 0 Å². The van der Waals surface area contributed by atoms with E-state index in [1.165, 1.54) is 18.3 Å². The Kier molecular flexibility index (Phi) is 7.04. The molecule has 2 aromatic rings. The molecule has 0 saturated carbocycles. The lowest BCUT2D eigenvalue weighted by molar-refractivity contribution is -0.384. The monoisotopic (exact) mass is 422 g/mol. The van der Waals surface area contributed by atoms with E-state index in [0.717, 1.165) is 19.6 Å². The number of halogens is 1. The average Bonchev–Trinajstić information content (AvgIpc) is 2.69. The largest absolute Gasteiger partial charge is 0.379 e. The first-order chi connectivity index (χ1) is 13.5. The highest BCUT2D eigenvalue weighted by atomic mass is 35.5. The number of rotatable bonds is 6. The number of thiocarbonyl (C=S) groups is 1. The van der Waals surface area contributed by atoms with Gasteiger partial charge in [0.15, 0.2) is 10.9 Å². The molecule has 11 heteroatoms. The van der Waals surface area contributed by atoms with E-state index in [-0.39, 0.29) is 10.8 Å². The van der Waals surface area contributed by atoms with Gasteiger partial charge in [0.2, 0.25) is 0 Å². The van der Waals surface area contributed by atoms with Crippen molar-refractivity contribution in [2.24, 2.45) is 0 Å². The van der Waals surface area contributed by atoms with Gasteiger partial charge in [-0.2, -0.15) is 0 Å². The zero-order chi connectivity index (χ0) is 19.9. The van der Waals surface area contributed by atoms with Crippen LogP contribution in [0.25, 0.3) is 0 Å². The molecule has 0 atom stereocenters. The fraction of sp³-hybridized carbons (Fsp3) is 0.353. The van der Waals surface area contributed by atoms with E-state index in [4.69, 9.17) is 28.6 Å². The van der Waals surface area contributed by atoms with Gasteiger partial charge in [-0.05, 0) is 24.4 Å². The van der Waals surface area contributed by atoms with Crippen molar-refractivity contribution in [2.75, 3.05) is 49.6 Å². The highest BCUT2D eigenvalue weighted by Crippen LogP contribution is 2.18. The fourth-order valence-electron chi connectivity index (χ4n) is 2.71. The first-order valence-corrected chi connectivity index (χ1v) is 9.42. The molecule has 1 aliphatic heterocycles. The van der Waals surface area contributed by atoms with Crippen LogP contribution in [0.5, 0.6) is 0 Å². The number of hydrogen-bond donors (Lipinski definition) is 1. The Balaban J connectivity index is 1.72. The maximum Gasteiger partial charge on any atom is 0.269 e. The zero-order valence-corrected chi connectivity index (χ0v) is 16.5. The first-order valence-electron chi connectivity index (χ1n) is 8.63. The van der Waals surface area contributed by atoms with E-state index in [2.05, 4.69) is 20.2 Å². The molecule has 3 rings (SSSR count). The third-order valence-corrected chi connectivity index (χ3v) is 4.69. The summed E-state index contributed by atoms with van der Waals surface area (Å²) >= 11 is 11.6. The Hall–Kier alpha value is -2.40. The molecule has 0 unspecified atom stereocenters. The van der Waals surface area contributed by atoms with Gasteiger partial charge in [0.25, 0.3) is 5.69 Å². The summed E-state index contributed by atoms with van der Waals surface area (Å²) in [5, 5.41) is 14.6. The van der Waals surface area contributed by atoms with Gasteiger partial charge < -0.3 is 15.0 Å². The van der Waals surface area contributed by atoms with Gasteiger partial charge in [0.1, 0.15) is 5.15 Å². The van der Waals surface area contributed by atoms with Crippen LogP contribution in [0.15, 0.2) is 36.7 Å². The molecule has 1 saturated heterocycles. The number of nitro groups is 1. The summed E-state index contributed by atoms with van der Waals surface area (Å²) in [4.78, 5) is 22.8. The molecule has 0 bridgehead atoms. The molecule has 1 aliphatic rings. The Morgan fingerprint density at radius 3 is 2.68 bits per heavy atom. The Bertz CT molecular complexity index is 832. The highest BCUT2D eigenvalue weighted by molar-refractivity contribution is 7.80. The minimum atomic E-state index is -0.446. The number of non-ortho nitro benzene ring substituents is 1. The number of nitrogens with zero attached hydrogens (tertiary/aromatic N) is 5. The van der Waals surface area contributed by atoms with Crippen molar-refractivity contribution < 1.29 is 9.66 Å². The van der Waals surface area contributed by atoms with Crippen molar-refractivity contribution in [1.82, 2.24) is 14.9 Å². The summed E-state index contributed by atoms with van der Waals surface area (Å²) in [7, 11) is 0. The lowest BCUT2D eigenvalue weighted by Crippen LogP contribution is -2.44. The van der Waals surface area contributed by atoms with Gasteiger partial charge in [-0.15, -0.1) is 0 Å². The quantitative estimate of drug-likeness (QED) is 0.428. The maximum absolute atomic E-state index is 10.8. The number of aromatic nitrogens is 2. The number of hydrogen-bond acceptors (Lipinski definition) is 7. The van der Waals surface area contributed by atoms with Crippen LogP contribution in [0.3, 0.4) is 0 Å². The topological polar surface area (TPSA) is 96.7 Å². The number of ether oxygens (including phenoxy) is 1. The standard InChI is InChI=1S/C17H19ClN6O3S/c18-15-11-19-12-16(21-15)23(6-5-22-7-9-27-10-8-22)17(28)20-13-1-3-14(4-2-13)24(25)26/h1-4,11-12H,5-10H2,(H,20,28). The summed E-state index contributed by atoms with van der Waals surface area (Å²) in [6, 6.07) is 6.05. The molecule has 0 spiro atoms. The van der Waals surface area contributed by atoms with Crippen LogP contribution < -0.4 is 10.2 Å². The summed E-state index contributed by atoms with van der Waals surface area (Å²) in [5.74, 6) is 0.528. The minimum Gasteiger partial charge on any atom is -0.379 e. The van der Waals surface area contributed by atoms with Gasteiger partial charge in [-0.1, -0.05) is 11.6 Å². The number of nitrogens with one attached hydrogen (secondary N) is 1. The predicted molar refractivity (Wildman–Crippen MR) is 111 cm³/mol. The molecule has 148 valence electrons. The van der Waals surface area contributed by atoms with Crippen LogP contribution in [-0.2, 0) is 4.74 Å². The van der Waals surface area contributed by atoms with Gasteiger partial charge in [-0.3, -0.25) is 20.0 Å². The number of nitro benzene ring substituents is 1. The van der Waals surface area contributed by atoms with E-state index < -0.39 is 4.92 Å². The van der Waals surface area contributed by atoms with Crippen molar-refractivity contribution in [3.05, 3.63) is 51.9 Å². The van der Waals surface area contributed by atoms with Crippen LogP contribution >= 0.6 is 23.8 Å². The molecule has 0 aliphatic carbocycles. The molecule has 2 heterocycles. The Morgan fingerprint density at radius 2 is 2.04 bits per heavy atom. The van der Waals surface area contributed by atoms with E-state index in [1.54, 1.807) is 18.3 Å². The fourth-order valence-corrected chi connectivity index (χ4v) is 3.15. The van der Waals surface area contributed by atoms with Crippen LogP contribution in [-0.4, -0.2) is 64.3 Å². The van der Waals surface area contributed by atoms with E-state index in [1.807, 2.05) is 4.90 Å². The lowest BCUT2D eigenvalue weighted by atomic mass is 10.3. The van der Waals surface area contributed by atoms with Crippen LogP contribution in [0.4, 0.5) is 17.2 Å². The summed E-state index contributed by atoms with van der Waals surface area (Å²) in [5.41, 5.74) is 0.656. The minimum absolute atomic E-state index is 0.0151. The van der Waals surface area contributed by atoms with Gasteiger partial charge >= 0.3 is 0 Å². The normalized spacial score (nSPS) is 14.5. The molecule has 1 N–H and O–H groups in total. The molecule has 1 aromatic heterocycles. The maximum atomic E-state index is 10.8. The summed E-state index contributed by atoms with van der Waals surface area (Å²) in [6.45, 7) is 4.48. The van der Waals surface area contributed by atoms with E-state index in [9.17, 15) is 10.1 Å². The van der Waals surface area contributed by atoms with Crippen molar-refractivity contribution in [3.8, 4) is 0 Å². The van der Waals surface area contributed by atoms with Crippen LogP contribution in [0.1, 0.15) is 0 Å².